The molecule has 5 heteroatoms. The summed E-state index contributed by atoms with van der Waals surface area (Å²) in [6, 6.07) is 7.98. The Balaban J connectivity index is 0.000000258. The summed E-state index contributed by atoms with van der Waals surface area (Å²) in [5, 5.41) is 0. The highest BCUT2D eigenvalue weighted by atomic mass is 15.1. The Morgan fingerprint density at radius 1 is 0.633 bits per heavy atom. The molecule has 0 saturated heterocycles. The molecule has 4 rings (SSSR count). The minimum atomic E-state index is 0.114. The maximum Gasteiger partial charge on any atom is 0.233 e. The van der Waals surface area contributed by atoms with Gasteiger partial charge in [0.2, 0.25) is 5.78 Å². The second-order valence-corrected chi connectivity index (χ2v) is 8.51. The number of aromatic nitrogens is 5. The van der Waals surface area contributed by atoms with Crippen molar-refractivity contribution in [2.75, 3.05) is 0 Å². The molecule has 5 nitrogen and oxygen atoms in total. The molecule has 4 aromatic heterocycles. The quantitative estimate of drug-likeness (QED) is 0.324. The molecule has 0 fully saturated rings. The second kappa shape index (κ2) is 10.9. The lowest BCUT2D eigenvalue weighted by molar-refractivity contribution is 0.563. The van der Waals surface area contributed by atoms with E-state index in [-0.39, 0.29) is 10.8 Å². The molecule has 0 spiro atoms. The molecule has 4 aromatic rings. The molecule has 30 heavy (non-hydrogen) atoms. The Bertz CT molecular complexity index is 929. The van der Waals surface area contributed by atoms with Crippen LogP contribution in [0, 0.1) is 0 Å². The van der Waals surface area contributed by atoms with E-state index in [2.05, 4.69) is 67.1 Å². The summed E-state index contributed by atoms with van der Waals surface area (Å²) in [6.45, 7) is 21.1. The van der Waals surface area contributed by atoms with Gasteiger partial charge >= 0.3 is 0 Å². The van der Waals surface area contributed by atoms with Crippen molar-refractivity contribution in [3.05, 3.63) is 66.6 Å². The monoisotopic (exact) mass is 409 g/mol. The van der Waals surface area contributed by atoms with Gasteiger partial charge in [0.1, 0.15) is 5.65 Å². The van der Waals surface area contributed by atoms with Crippen LogP contribution in [0.4, 0.5) is 0 Å². The molecule has 164 valence electrons. The lowest BCUT2D eigenvalue weighted by Gasteiger charge is -2.17. The van der Waals surface area contributed by atoms with Crippen LogP contribution in [0.25, 0.3) is 11.4 Å². The highest BCUT2D eigenvalue weighted by molar-refractivity contribution is 5.41. The van der Waals surface area contributed by atoms with Gasteiger partial charge in [0, 0.05) is 47.0 Å². The number of imidazole rings is 2. The van der Waals surface area contributed by atoms with Crippen LogP contribution in [-0.2, 0) is 10.8 Å². The highest BCUT2D eigenvalue weighted by Crippen LogP contribution is 2.23. The minimum Gasteiger partial charge on any atom is -0.304 e. The number of hydrogen-bond donors (Lipinski definition) is 0. The van der Waals surface area contributed by atoms with E-state index in [9.17, 15) is 0 Å². The van der Waals surface area contributed by atoms with Crippen molar-refractivity contribution < 1.29 is 0 Å². The summed E-state index contributed by atoms with van der Waals surface area (Å²) < 4.78 is 4.17. The molecule has 4 heterocycles. The molecule has 0 N–H and O–H groups in total. The molecule has 0 unspecified atom stereocenters. The van der Waals surface area contributed by atoms with E-state index in [1.807, 2.05) is 75.0 Å². The maximum absolute atomic E-state index is 4.35. The molecular weight excluding hydrogens is 370 g/mol. The largest absolute Gasteiger partial charge is 0.304 e. The van der Waals surface area contributed by atoms with Crippen molar-refractivity contribution in [2.24, 2.45) is 0 Å². The van der Waals surface area contributed by atoms with Crippen LogP contribution in [0.5, 0.6) is 0 Å². The normalized spacial score (nSPS) is 11.0. The first-order valence-corrected chi connectivity index (χ1v) is 10.9. The van der Waals surface area contributed by atoms with Crippen molar-refractivity contribution in [3.63, 3.8) is 0 Å². The number of nitrogens with zero attached hydrogens (tertiary/aromatic N) is 5. The molecule has 0 amide bonds. The van der Waals surface area contributed by atoms with Crippen molar-refractivity contribution in [3.8, 4) is 0 Å². The van der Waals surface area contributed by atoms with E-state index < -0.39 is 0 Å². The molecule has 0 bridgehead atoms. The first kappa shape index (κ1) is 25.3. The molecule has 0 radical (unpaired) electrons. The first-order chi connectivity index (χ1) is 14.2. The molecule has 0 aliphatic heterocycles. The number of fused-ring (bicyclic) bond motifs is 2. The van der Waals surface area contributed by atoms with Gasteiger partial charge in [-0.2, -0.15) is 0 Å². The van der Waals surface area contributed by atoms with Gasteiger partial charge in [-0.3, -0.25) is 4.40 Å². The third-order valence-corrected chi connectivity index (χ3v) is 4.24. The van der Waals surface area contributed by atoms with Crippen LogP contribution in [0.1, 0.15) is 80.6 Å². The minimum absolute atomic E-state index is 0.114. The van der Waals surface area contributed by atoms with E-state index in [1.54, 1.807) is 6.20 Å². The predicted molar refractivity (Wildman–Crippen MR) is 128 cm³/mol. The SMILES string of the molecule is CC.CC.CC(C)(C)c1cnc2ccccn12.CC(C)(C)c1cnc2ncccn12. The topological polar surface area (TPSA) is 47.5 Å². The van der Waals surface area contributed by atoms with E-state index in [0.29, 0.717) is 0 Å². The van der Waals surface area contributed by atoms with Crippen LogP contribution >= 0.6 is 0 Å². The average molecular weight is 410 g/mol. The summed E-state index contributed by atoms with van der Waals surface area (Å²) in [7, 11) is 0. The summed E-state index contributed by atoms with van der Waals surface area (Å²) in [6.07, 6.45) is 9.66. The van der Waals surface area contributed by atoms with Crippen molar-refractivity contribution >= 4 is 11.4 Å². The Labute approximate surface area is 182 Å². The van der Waals surface area contributed by atoms with Gasteiger partial charge < -0.3 is 4.40 Å². The fourth-order valence-corrected chi connectivity index (χ4v) is 2.87. The lowest BCUT2D eigenvalue weighted by atomic mass is 9.93. The van der Waals surface area contributed by atoms with Crippen molar-refractivity contribution in [1.29, 1.82) is 0 Å². The molecule has 0 saturated carbocycles. The lowest BCUT2D eigenvalue weighted by Crippen LogP contribution is -2.14. The standard InChI is InChI=1S/C11H14N2.C10H13N3.2C2H6/c1-11(2,3)9-8-12-10-6-4-5-7-13(9)10;1-10(2,3)8-7-12-9-11-5-4-6-13(8)9;2*1-2/h4-8H,1-3H3;4-7H,1-3H3;2*1-2H3. The molecule has 0 aromatic carbocycles. The fourth-order valence-electron chi connectivity index (χ4n) is 2.87. The van der Waals surface area contributed by atoms with Gasteiger partial charge in [-0.05, 0) is 18.2 Å². The summed E-state index contributed by atoms with van der Waals surface area (Å²) in [4.78, 5) is 12.8. The molecule has 0 atom stereocenters. The van der Waals surface area contributed by atoms with Gasteiger partial charge in [0.25, 0.3) is 0 Å². The summed E-state index contributed by atoms with van der Waals surface area (Å²) in [5.41, 5.74) is 3.73. The number of hydrogen-bond acceptors (Lipinski definition) is 3. The van der Waals surface area contributed by atoms with Gasteiger partial charge in [0.05, 0.1) is 6.20 Å². The summed E-state index contributed by atoms with van der Waals surface area (Å²) in [5.74, 6) is 0.771. The average Bonchev–Trinajstić information content (AvgIpc) is 3.35. The van der Waals surface area contributed by atoms with Crippen LogP contribution in [0.2, 0.25) is 0 Å². The van der Waals surface area contributed by atoms with Crippen LogP contribution < -0.4 is 0 Å². The van der Waals surface area contributed by atoms with Gasteiger partial charge in [-0.25, -0.2) is 15.0 Å². The van der Waals surface area contributed by atoms with E-state index in [1.165, 1.54) is 11.4 Å². The number of pyridine rings is 1. The van der Waals surface area contributed by atoms with Gasteiger partial charge in [0.15, 0.2) is 0 Å². The zero-order valence-corrected chi connectivity index (χ0v) is 20.4. The molecule has 0 aliphatic rings. The number of rotatable bonds is 0. The third-order valence-electron chi connectivity index (χ3n) is 4.24. The Kier molecular flexibility index (Phi) is 9.22. The zero-order chi connectivity index (χ0) is 22.9. The smallest absolute Gasteiger partial charge is 0.233 e. The Morgan fingerprint density at radius 2 is 1.17 bits per heavy atom. The summed E-state index contributed by atoms with van der Waals surface area (Å²) >= 11 is 0. The van der Waals surface area contributed by atoms with Crippen LogP contribution in [-0.4, -0.2) is 23.8 Å². The maximum atomic E-state index is 4.35. The van der Waals surface area contributed by atoms with E-state index in [4.69, 9.17) is 0 Å². The third kappa shape index (κ3) is 6.15. The van der Waals surface area contributed by atoms with Crippen molar-refractivity contribution in [1.82, 2.24) is 23.8 Å². The van der Waals surface area contributed by atoms with Gasteiger partial charge in [-0.15, -0.1) is 0 Å². The van der Waals surface area contributed by atoms with Crippen LogP contribution in [0.3, 0.4) is 0 Å². The Morgan fingerprint density at radius 3 is 1.77 bits per heavy atom. The van der Waals surface area contributed by atoms with Crippen LogP contribution in [0.15, 0.2) is 55.2 Å². The highest BCUT2D eigenvalue weighted by Gasteiger charge is 2.18. The fraction of sp³-hybridized carbons (Fsp3) is 0.480. The predicted octanol–water partition coefficient (Wildman–Crippen LogP) is 6.71. The second-order valence-electron chi connectivity index (χ2n) is 8.51. The van der Waals surface area contributed by atoms with E-state index in [0.717, 1.165) is 11.4 Å². The first-order valence-electron chi connectivity index (χ1n) is 10.9. The Hall–Kier alpha value is -2.69. The van der Waals surface area contributed by atoms with Gasteiger partial charge in [-0.1, -0.05) is 75.3 Å². The molecular formula is C25H39N5. The zero-order valence-electron chi connectivity index (χ0n) is 20.4. The molecule has 0 aliphatic carbocycles. The van der Waals surface area contributed by atoms with Crippen molar-refractivity contribution in [2.45, 2.75) is 80.1 Å². The van der Waals surface area contributed by atoms with E-state index >= 15 is 0 Å².